The molecule has 2 atom stereocenters. The van der Waals surface area contributed by atoms with Crippen LogP contribution in [0.15, 0.2) is 53.4 Å². The molecule has 2 unspecified atom stereocenters. The maximum absolute atomic E-state index is 14.1. The van der Waals surface area contributed by atoms with Crippen LogP contribution in [0.4, 0.5) is 4.39 Å². The average Bonchev–Trinajstić information content (AvgIpc) is 2.53. The van der Waals surface area contributed by atoms with Crippen LogP contribution in [0.5, 0.6) is 5.75 Å². The van der Waals surface area contributed by atoms with Gasteiger partial charge in [0.25, 0.3) is 0 Å². The summed E-state index contributed by atoms with van der Waals surface area (Å²) in [5, 5.41) is -0.107. The molecule has 0 aromatic heterocycles. The minimum Gasteiger partial charge on any atom is -0.497 e. The Balaban J connectivity index is 2.26. The zero-order valence-corrected chi connectivity index (χ0v) is 13.1. The molecule has 0 aliphatic carbocycles. The number of hydrogen-bond donors (Lipinski definition) is 1. The van der Waals surface area contributed by atoms with Crippen molar-refractivity contribution in [3.8, 4) is 5.75 Å². The fourth-order valence-corrected chi connectivity index (χ4v) is 3.37. The summed E-state index contributed by atoms with van der Waals surface area (Å²) in [6, 6.07) is 14.5. The van der Waals surface area contributed by atoms with Gasteiger partial charge in [0.1, 0.15) is 11.6 Å². The van der Waals surface area contributed by atoms with Crippen LogP contribution in [0.3, 0.4) is 0 Å². The highest BCUT2D eigenvalue weighted by Gasteiger charge is 2.22. The number of methoxy groups -OCH3 is 1. The number of benzene rings is 2. The SMILES string of the molecule is CCC(N)C(Sc1ccc(OC)cc1)c1ccccc1F. The van der Waals surface area contributed by atoms with Gasteiger partial charge in [0.2, 0.25) is 0 Å². The molecule has 2 nitrogen and oxygen atoms in total. The van der Waals surface area contributed by atoms with E-state index < -0.39 is 0 Å². The third kappa shape index (κ3) is 3.99. The molecular weight excluding hydrogens is 285 g/mol. The van der Waals surface area contributed by atoms with Crippen molar-refractivity contribution in [2.45, 2.75) is 29.5 Å². The molecule has 2 N–H and O–H groups in total. The van der Waals surface area contributed by atoms with Gasteiger partial charge in [-0.2, -0.15) is 0 Å². The van der Waals surface area contributed by atoms with Gasteiger partial charge in [0, 0.05) is 16.5 Å². The first-order valence-electron chi connectivity index (χ1n) is 6.96. The second-order valence-corrected chi connectivity index (χ2v) is 6.02. The lowest BCUT2D eigenvalue weighted by atomic mass is 10.0. The Morgan fingerprint density at radius 2 is 1.81 bits per heavy atom. The molecule has 4 heteroatoms. The van der Waals surface area contributed by atoms with Crippen molar-refractivity contribution in [3.05, 3.63) is 59.9 Å². The van der Waals surface area contributed by atoms with Crippen LogP contribution in [-0.2, 0) is 0 Å². The highest BCUT2D eigenvalue weighted by atomic mass is 32.2. The second-order valence-electron chi connectivity index (χ2n) is 4.81. The summed E-state index contributed by atoms with van der Waals surface area (Å²) < 4.78 is 19.2. The first kappa shape index (κ1) is 15.9. The van der Waals surface area contributed by atoms with Gasteiger partial charge in [0.05, 0.1) is 12.4 Å². The molecule has 0 aliphatic rings. The van der Waals surface area contributed by atoms with E-state index in [4.69, 9.17) is 10.5 Å². The Hall–Kier alpha value is -1.52. The van der Waals surface area contributed by atoms with E-state index in [1.54, 1.807) is 24.9 Å². The molecule has 112 valence electrons. The maximum Gasteiger partial charge on any atom is 0.127 e. The van der Waals surface area contributed by atoms with Gasteiger partial charge in [0.15, 0.2) is 0 Å². The van der Waals surface area contributed by atoms with Crippen molar-refractivity contribution in [1.82, 2.24) is 0 Å². The molecular formula is C17H20FNOS. The molecule has 2 aromatic carbocycles. The monoisotopic (exact) mass is 305 g/mol. The van der Waals surface area contributed by atoms with Gasteiger partial charge in [-0.3, -0.25) is 0 Å². The van der Waals surface area contributed by atoms with Gasteiger partial charge < -0.3 is 10.5 Å². The van der Waals surface area contributed by atoms with E-state index in [-0.39, 0.29) is 17.1 Å². The molecule has 0 radical (unpaired) electrons. The highest BCUT2D eigenvalue weighted by Crippen LogP contribution is 2.39. The first-order valence-corrected chi connectivity index (χ1v) is 7.84. The van der Waals surface area contributed by atoms with E-state index in [0.717, 1.165) is 17.1 Å². The third-order valence-electron chi connectivity index (χ3n) is 3.39. The summed E-state index contributed by atoms with van der Waals surface area (Å²) in [5.74, 6) is 0.606. The van der Waals surface area contributed by atoms with Gasteiger partial charge in [-0.1, -0.05) is 25.1 Å². The van der Waals surface area contributed by atoms with Gasteiger partial charge in [-0.15, -0.1) is 11.8 Å². The Bertz CT molecular complexity index is 573. The predicted octanol–water partition coefficient (Wildman–Crippen LogP) is 4.41. The topological polar surface area (TPSA) is 35.2 Å². The third-order valence-corrected chi connectivity index (χ3v) is 4.80. The molecule has 0 spiro atoms. The lowest BCUT2D eigenvalue weighted by molar-refractivity contribution is 0.414. The van der Waals surface area contributed by atoms with E-state index in [1.807, 2.05) is 43.3 Å². The Kier molecular flexibility index (Phi) is 5.65. The van der Waals surface area contributed by atoms with E-state index in [2.05, 4.69) is 0 Å². The zero-order valence-electron chi connectivity index (χ0n) is 12.3. The molecule has 0 amide bonds. The van der Waals surface area contributed by atoms with Crippen molar-refractivity contribution in [2.24, 2.45) is 5.73 Å². The minimum atomic E-state index is -0.201. The van der Waals surface area contributed by atoms with Gasteiger partial charge in [-0.25, -0.2) is 4.39 Å². The Morgan fingerprint density at radius 3 is 2.38 bits per heavy atom. The van der Waals surface area contributed by atoms with Crippen molar-refractivity contribution in [1.29, 1.82) is 0 Å². The number of thioether (sulfide) groups is 1. The summed E-state index contributed by atoms with van der Waals surface area (Å²) in [6.07, 6.45) is 0.794. The summed E-state index contributed by atoms with van der Waals surface area (Å²) in [7, 11) is 1.64. The van der Waals surface area contributed by atoms with Crippen LogP contribution in [0.25, 0.3) is 0 Å². The average molecular weight is 305 g/mol. The van der Waals surface area contributed by atoms with Crippen LogP contribution in [0, 0.1) is 5.82 Å². The van der Waals surface area contributed by atoms with Gasteiger partial charge in [-0.05, 0) is 36.8 Å². The molecule has 0 saturated heterocycles. The summed E-state index contributed by atoms with van der Waals surface area (Å²) in [6.45, 7) is 2.02. The van der Waals surface area contributed by atoms with E-state index >= 15 is 0 Å². The van der Waals surface area contributed by atoms with Crippen LogP contribution in [0.2, 0.25) is 0 Å². The van der Waals surface area contributed by atoms with Crippen molar-refractivity contribution in [3.63, 3.8) is 0 Å². The van der Waals surface area contributed by atoms with Gasteiger partial charge >= 0.3 is 0 Å². The minimum absolute atomic E-state index is 0.103. The van der Waals surface area contributed by atoms with Crippen molar-refractivity contribution < 1.29 is 9.13 Å². The first-order chi connectivity index (χ1) is 10.2. The summed E-state index contributed by atoms with van der Waals surface area (Å²) in [4.78, 5) is 1.05. The van der Waals surface area contributed by atoms with Crippen LogP contribution >= 0.6 is 11.8 Å². The predicted molar refractivity (Wildman–Crippen MR) is 86.3 cm³/mol. The van der Waals surface area contributed by atoms with Crippen molar-refractivity contribution >= 4 is 11.8 Å². The fourth-order valence-electron chi connectivity index (χ4n) is 2.10. The summed E-state index contributed by atoms with van der Waals surface area (Å²) in [5.41, 5.74) is 6.87. The number of hydrogen-bond acceptors (Lipinski definition) is 3. The van der Waals surface area contributed by atoms with Crippen LogP contribution in [-0.4, -0.2) is 13.2 Å². The lowest BCUT2D eigenvalue weighted by Crippen LogP contribution is -2.26. The Labute approximate surface area is 129 Å². The van der Waals surface area contributed by atoms with Crippen molar-refractivity contribution in [2.75, 3.05) is 7.11 Å². The number of ether oxygens (including phenoxy) is 1. The van der Waals surface area contributed by atoms with Crippen LogP contribution < -0.4 is 10.5 Å². The molecule has 21 heavy (non-hydrogen) atoms. The van der Waals surface area contributed by atoms with E-state index in [9.17, 15) is 4.39 Å². The van der Waals surface area contributed by atoms with E-state index in [1.165, 1.54) is 6.07 Å². The molecule has 0 bridgehead atoms. The van der Waals surface area contributed by atoms with Crippen LogP contribution in [0.1, 0.15) is 24.2 Å². The Morgan fingerprint density at radius 1 is 1.14 bits per heavy atom. The smallest absolute Gasteiger partial charge is 0.127 e. The standard InChI is InChI=1S/C17H20FNOS/c1-3-16(19)17(14-6-4-5-7-15(14)18)21-13-10-8-12(20-2)9-11-13/h4-11,16-17H,3,19H2,1-2H3. The zero-order chi connectivity index (χ0) is 15.2. The number of rotatable bonds is 6. The molecule has 0 saturated carbocycles. The summed E-state index contributed by atoms with van der Waals surface area (Å²) >= 11 is 1.59. The highest BCUT2D eigenvalue weighted by molar-refractivity contribution is 7.99. The maximum atomic E-state index is 14.1. The molecule has 0 heterocycles. The largest absolute Gasteiger partial charge is 0.497 e. The fraction of sp³-hybridized carbons (Fsp3) is 0.294. The second kappa shape index (κ2) is 7.48. The lowest BCUT2D eigenvalue weighted by Gasteiger charge is -2.23. The molecule has 0 fully saturated rings. The number of halogens is 1. The normalized spacial score (nSPS) is 13.7. The van der Waals surface area contributed by atoms with E-state index in [0.29, 0.717) is 5.56 Å². The quantitative estimate of drug-likeness (QED) is 0.803. The number of nitrogens with two attached hydrogens (primary N) is 1. The molecule has 0 aliphatic heterocycles. The molecule has 2 aromatic rings. The molecule has 2 rings (SSSR count).